The van der Waals surface area contributed by atoms with E-state index in [0.29, 0.717) is 0 Å². The van der Waals surface area contributed by atoms with Crippen LogP contribution in [-0.4, -0.2) is 28.1 Å². The van der Waals surface area contributed by atoms with E-state index in [-0.39, 0.29) is 17.8 Å². The Morgan fingerprint density at radius 1 is 1.23 bits per heavy atom. The number of Topliss-reactive ketones (excluding diaryl/α,β-unsaturated/α-hetero) is 3. The van der Waals surface area contributed by atoms with Gasteiger partial charge in [-0.05, 0) is 32.4 Å². The van der Waals surface area contributed by atoms with Gasteiger partial charge < -0.3 is 5.11 Å². The molecular formula is C17H19FO4. The standard InChI is InChI=1S/C17H19FO4/c1-9(19)14-13(21)8-17(3,22)16(10(2)20)15(14)11-6-4-5-7-12(11)18/h4-7,14-16,22H,8H2,1-3H3/t14-,15-,16+,17-/m1/s1. The number of rotatable bonds is 3. The van der Waals surface area contributed by atoms with Crippen molar-refractivity contribution >= 4 is 17.3 Å². The second-order valence-corrected chi connectivity index (χ2v) is 6.22. The molecule has 1 fully saturated rings. The van der Waals surface area contributed by atoms with Gasteiger partial charge in [-0.1, -0.05) is 18.2 Å². The highest BCUT2D eigenvalue weighted by atomic mass is 19.1. The number of aliphatic hydroxyl groups is 1. The van der Waals surface area contributed by atoms with Gasteiger partial charge in [-0.25, -0.2) is 4.39 Å². The molecule has 5 heteroatoms. The summed E-state index contributed by atoms with van der Waals surface area (Å²) in [5, 5.41) is 10.5. The van der Waals surface area contributed by atoms with Crippen LogP contribution in [0.25, 0.3) is 0 Å². The van der Waals surface area contributed by atoms with E-state index in [2.05, 4.69) is 0 Å². The number of halogens is 1. The Balaban J connectivity index is 2.68. The molecule has 0 bridgehead atoms. The van der Waals surface area contributed by atoms with Gasteiger partial charge in [0.15, 0.2) is 0 Å². The van der Waals surface area contributed by atoms with E-state index in [4.69, 9.17) is 0 Å². The molecule has 0 saturated heterocycles. The molecule has 2 rings (SSSR count). The Morgan fingerprint density at radius 2 is 1.82 bits per heavy atom. The van der Waals surface area contributed by atoms with Crippen molar-refractivity contribution in [1.82, 2.24) is 0 Å². The number of benzene rings is 1. The fourth-order valence-corrected chi connectivity index (χ4v) is 3.63. The minimum absolute atomic E-state index is 0.122. The molecule has 0 unspecified atom stereocenters. The predicted molar refractivity (Wildman–Crippen MR) is 77.7 cm³/mol. The van der Waals surface area contributed by atoms with Gasteiger partial charge in [-0.15, -0.1) is 0 Å². The number of hydrogen-bond acceptors (Lipinski definition) is 4. The van der Waals surface area contributed by atoms with Gasteiger partial charge in [0.05, 0.1) is 17.4 Å². The van der Waals surface area contributed by atoms with Crippen LogP contribution < -0.4 is 0 Å². The van der Waals surface area contributed by atoms with Crippen molar-refractivity contribution in [3.63, 3.8) is 0 Å². The first-order valence-electron chi connectivity index (χ1n) is 7.17. The van der Waals surface area contributed by atoms with E-state index in [9.17, 15) is 23.9 Å². The maximum atomic E-state index is 14.2. The van der Waals surface area contributed by atoms with Crippen molar-refractivity contribution in [2.24, 2.45) is 11.8 Å². The molecule has 0 heterocycles. The maximum Gasteiger partial charge on any atom is 0.146 e. The van der Waals surface area contributed by atoms with Crippen LogP contribution in [0.3, 0.4) is 0 Å². The Labute approximate surface area is 128 Å². The van der Waals surface area contributed by atoms with E-state index >= 15 is 0 Å². The van der Waals surface area contributed by atoms with Crippen LogP contribution in [0.5, 0.6) is 0 Å². The Kier molecular flexibility index (Phi) is 4.29. The topological polar surface area (TPSA) is 71.4 Å². The quantitative estimate of drug-likeness (QED) is 0.868. The Hall–Kier alpha value is -1.88. The smallest absolute Gasteiger partial charge is 0.146 e. The van der Waals surface area contributed by atoms with E-state index in [1.807, 2.05) is 0 Å². The molecule has 4 nitrogen and oxygen atoms in total. The van der Waals surface area contributed by atoms with Gasteiger partial charge in [0, 0.05) is 12.3 Å². The number of carbonyl (C=O) groups excluding carboxylic acids is 3. The molecule has 0 aromatic heterocycles. The third-order valence-electron chi connectivity index (χ3n) is 4.41. The van der Waals surface area contributed by atoms with E-state index < -0.39 is 40.7 Å². The first-order valence-corrected chi connectivity index (χ1v) is 7.17. The van der Waals surface area contributed by atoms with E-state index in [1.165, 1.54) is 39.0 Å². The summed E-state index contributed by atoms with van der Waals surface area (Å²) >= 11 is 0. The zero-order valence-electron chi connectivity index (χ0n) is 12.8. The second kappa shape index (κ2) is 5.72. The van der Waals surface area contributed by atoms with Crippen molar-refractivity contribution in [2.45, 2.75) is 38.7 Å². The Bertz CT molecular complexity index is 635. The first-order chi connectivity index (χ1) is 10.2. The predicted octanol–water partition coefficient (Wildman–Crippen LogP) is 2.04. The zero-order valence-corrected chi connectivity index (χ0v) is 12.8. The maximum absolute atomic E-state index is 14.2. The lowest BCUT2D eigenvalue weighted by Crippen LogP contribution is -2.54. The average molecular weight is 306 g/mol. The summed E-state index contributed by atoms with van der Waals surface area (Å²) < 4.78 is 14.2. The molecule has 0 spiro atoms. The van der Waals surface area contributed by atoms with Gasteiger partial charge in [0.1, 0.15) is 23.2 Å². The van der Waals surface area contributed by atoms with Crippen molar-refractivity contribution in [3.8, 4) is 0 Å². The van der Waals surface area contributed by atoms with Gasteiger partial charge >= 0.3 is 0 Å². The van der Waals surface area contributed by atoms with Crippen molar-refractivity contribution in [2.75, 3.05) is 0 Å². The molecule has 1 aliphatic rings. The molecule has 1 aromatic rings. The fourth-order valence-electron chi connectivity index (χ4n) is 3.63. The number of carbonyl (C=O) groups is 3. The summed E-state index contributed by atoms with van der Waals surface area (Å²) in [5.41, 5.74) is -1.47. The molecule has 0 radical (unpaired) electrons. The van der Waals surface area contributed by atoms with Crippen LogP contribution in [-0.2, 0) is 14.4 Å². The van der Waals surface area contributed by atoms with Gasteiger partial charge in [-0.2, -0.15) is 0 Å². The summed E-state index contributed by atoms with van der Waals surface area (Å²) in [6.07, 6.45) is -0.285. The van der Waals surface area contributed by atoms with E-state index in [0.717, 1.165) is 0 Å². The Morgan fingerprint density at radius 3 is 2.32 bits per heavy atom. The number of ketones is 3. The highest BCUT2D eigenvalue weighted by Gasteiger charge is 2.54. The molecule has 118 valence electrons. The molecule has 0 aliphatic heterocycles. The van der Waals surface area contributed by atoms with Gasteiger partial charge in [0.25, 0.3) is 0 Å². The SMILES string of the molecule is CC(=O)[C@@H]1C(=O)C[C@@](C)(O)[C@@H](C(C)=O)[C@@H]1c1ccccc1F. The molecule has 1 N–H and O–H groups in total. The third kappa shape index (κ3) is 2.73. The summed E-state index contributed by atoms with van der Waals surface area (Å²) in [5.74, 6) is -4.91. The van der Waals surface area contributed by atoms with Crippen molar-refractivity contribution < 1.29 is 23.9 Å². The minimum atomic E-state index is -1.60. The van der Waals surface area contributed by atoms with E-state index in [1.54, 1.807) is 6.07 Å². The molecule has 1 saturated carbocycles. The molecule has 0 amide bonds. The minimum Gasteiger partial charge on any atom is -0.389 e. The van der Waals surface area contributed by atoms with Crippen LogP contribution in [0, 0.1) is 17.7 Å². The lowest BCUT2D eigenvalue weighted by atomic mass is 9.60. The van der Waals surface area contributed by atoms with Crippen LogP contribution in [0.1, 0.15) is 38.7 Å². The normalized spacial score (nSPS) is 31.9. The molecule has 4 atom stereocenters. The second-order valence-electron chi connectivity index (χ2n) is 6.22. The highest BCUT2D eigenvalue weighted by molar-refractivity contribution is 6.05. The summed E-state index contributed by atoms with van der Waals surface area (Å²) in [6.45, 7) is 3.94. The first kappa shape index (κ1) is 16.5. The molecule has 1 aromatic carbocycles. The number of hydrogen-bond donors (Lipinski definition) is 1. The van der Waals surface area contributed by atoms with Crippen LogP contribution in [0.15, 0.2) is 24.3 Å². The zero-order chi connectivity index (χ0) is 16.7. The third-order valence-corrected chi connectivity index (χ3v) is 4.41. The monoisotopic (exact) mass is 306 g/mol. The lowest BCUT2D eigenvalue weighted by Gasteiger charge is -2.44. The van der Waals surface area contributed by atoms with Crippen LogP contribution in [0.4, 0.5) is 4.39 Å². The molecular weight excluding hydrogens is 287 g/mol. The summed E-state index contributed by atoms with van der Waals surface area (Å²) in [7, 11) is 0. The van der Waals surface area contributed by atoms with Crippen LogP contribution >= 0.6 is 0 Å². The van der Waals surface area contributed by atoms with Crippen molar-refractivity contribution in [1.29, 1.82) is 0 Å². The highest BCUT2D eigenvalue weighted by Crippen LogP contribution is 2.46. The molecule has 1 aliphatic carbocycles. The summed E-state index contributed by atoms with van der Waals surface area (Å²) in [4.78, 5) is 36.3. The fraction of sp³-hybridized carbons (Fsp3) is 0.471. The van der Waals surface area contributed by atoms with Crippen molar-refractivity contribution in [3.05, 3.63) is 35.6 Å². The summed E-state index contributed by atoms with van der Waals surface area (Å²) in [6, 6.07) is 5.76. The average Bonchev–Trinajstić information content (AvgIpc) is 2.35. The lowest BCUT2D eigenvalue weighted by molar-refractivity contribution is -0.151. The molecule has 22 heavy (non-hydrogen) atoms. The van der Waals surface area contributed by atoms with Gasteiger partial charge in [0.2, 0.25) is 0 Å². The van der Waals surface area contributed by atoms with Crippen LogP contribution in [0.2, 0.25) is 0 Å². The van der Waals surface area contributed by atoms with Gasteiger partial charge in [-0.3, -0.25) is 14.4 Å². The largest absolute Gasteiger partial charge is 0.389 e.